The molecule has 1 fully saturated rings. The lowest BCUT2D eigenvalue weighted by molar-refractivity contribution is 0.0827. The summed E-state index contributed by atoms with van der Waals surface area (Å²) in [6.45, 7) is 3.20. The Balaban J connectivity index is 2.05. The lowest BCUT2D eigenvalue weighted by Gasteiger charge is -2.17. The number of nitrogens with two attached hydrogens (primary N) is 1. The molecule has 0 heterocycles. The van der Waals surface area contributed by atoms with E-state index in [0.717, 1.165) is 12.2 Å². The quantitative estimate of drug-likeness (QED) is 0.801. The van der Waals surface area contributed by atoms with Crippen LogP contribution < -0.4 is 11.1 Å². The first-order valence-corrected chi connectivity index (χ1v) is 6.82. The highest BCUT2D eigenvalue weighted by Crippen LogP contribution is 2.48. The standard InChI is InChI=1S/C15H23N3O/c1-4-15(7-8-15)10-17-13-6-5-11(9-12(13)16)14(19)18(2)3/h5-6,9,17H,4,7-8,10,16H2,1-3H3. The van der Waals surface area contributed by atoms with E-state index in [1.54, 1.807) is 25.1 Å². The number of amides is 1. The SMILES string of the molecule is CCC1(CNc2ccc(C(=O)N(C)C)cc2N)CC1. The normalized spacial score (nSPS) is 15.9. The van der Waals surface area contributed by atoms with Crippen LogP contribution in [0.2, 0.25) is 0 Å². The monoisotopic (exact) mass is 261 g/mol. The van der Waals surface area contributed by atoms with Crippen molar-refractivity contribution >= 4 is 17.3 Å². The van der Waals surface area contributed by atoms with Crippen molar-refractivity contribution in [3.05, 3.63) is 23.8 Å². The van der Waals surface area contributed by atoms with Gasteiger partial charge in [0.05, 0.1) is 11.4 Å². The van der Waals surface area contributed by atoms with Crippen molar-refractivity contribution in [3.63, 3.8) is 0 Å². The summed E-state index contributed by atoms with van der Waals surface area (Å²) in [6.07, 6.45) is 3.80. The Labute approximate surface area is 115 Å². The van der Waals surface area contributed by atoms with E-state index in [-0.39, 0.29) is 5.91 Å². The van der Waals surface area contributed by atoms with E-state index in [0.29, 0.717) is 16.7 Å². The molecular weight excluding hydrogens is 238 g/mol. The van der Waals surface area contributed by atoms with Gasteiger partial charge in [-0.25, -0.2) is 0 Å². The molecule has 104 valence electrons. The molecular formula is C15H23N3O. The van der Waals surface area contributed by atoms with E-state index in [1.165, 1.54) is 19.3 Å². The summed E-state index contributed by atoms with van der Waals surface area (Å²) in [7, 11) is 3.48. The summed E-state index contributed by atoms with van der Waals surface area (Å²) in [5.74, 6) is -0.0227. The molecule has 0 unspecified atom stereocenters. The number of rotatable bonds is 5. The van der Waals surface area contributed by atoms with Crippen LogP contribution in [0.15, 0.2) is 18.2 Å². The van der Waals surface area contributed by atoms with Crippen LogP contribution in [0, 0.1) is 5.41 Å². The minimum atomic E-state index is -0.0227. The first kappa shape index (κ1) is 13.7. The summed E-state index contributed by atoms with van der Waals surface area (Å²) in [4.78, 5) is 13.4. The summed E-state index contributed by atoms with van der Waals surface area (Å²) < 4.78 is 0. The van der Waals surface area contributed by atoms with Crippen molar-refractivity contribution in [3.8, 4) is 0 Å². The van der Waals surface area contributed by atoms with Crippen LogP contribution in [0.4, 0.5) is 11.4 Å². The second-order valence-electron chi connectivity index (χ2n) is 5.71. The number of nitrogens with zero attached hydrogens (tertiary/aromatic N) is 1. The smallest absolute Gasteiger partial charge is 0.253 e. The van der Waals surface area contributed by atoms with Crippen LogP contribution in [-0.4, -0.2) is 31.4 Å². The summed E-state index contributed by atoms with van der Waals surface area (Å²) in [5, 5.41) is 3.41. The van der Waals surface area contributed by atoms with Crippen LogP contribution in [0.5, 0.6) is 0 Å². The van der Waals surface area contributed by atoms with Gasteiger partial charge in [0.25, 0.3) is 5.91 Å². The molecule has 2 rings (SSSR count). The zero-order chi connectivity index (χ0) is 14.0. The number of carbonyl (C=O) groups excluding carboxylic acids is 1. The van der Waals surface area contributed by atoms with Crippen molar-refractivity contribution in [1.82, 2.24) is 4.90 Å². The molecule has 0 atom stereocenters. The van der Waals surface area contributed by atoms with Crippen molar-refractivity contribution in [2.45, 2.75) is 26.2 Å². The maximum absolute atomic E-state index is 11.8. The van der Waals surface area contributed by atoms with Gasteiger partial charge in [-0.2, -0.15) is 0 Å². The molecule has 1 aromatic rings. The lowest BCUT2D eigenvalue weighted by atomic mass is 10.0. The van der Waals surface area contributed by atoms with Gasteiger partial charge in [0.2, 0.25) is 0 Å². The molecule has 1 amide bonds. The summed E-state index contributed by atoms with van der Waals surface area (Å²) in [6, 6.07) is 5.47. The Bertz CT molecular complexity index is 478. The van der Waals surface area contributed by atoms with Gasteiger partial charge in [-0.1, -0.05) is 6.92 Å². The molecule has 0 spiro atoms. The van der Waals surface area contributed by atoms with Gasteiger partial charge in [-0.05, 0) is 42.9 Å². The summed E-state index contributed by atoms with van der Waals surface area (Å²) >= 11 is 0. The molecule has 1 saturated carbocycles. The van der Waals surface area contributed by atoms with Gasteiger partial charge in [0.1, 0.15) is 0 Å². The molecule has 19 heavy (non-hydrogen) atoms. The van der Waals surface area contributed by atoms with Gasteiger partial charge in [-0.15, -0.1) is 0 Å². The van der Waals surface area contributed by atoms with Gasteiger partial charge >= 0.3 is 0 Å². The first-order valence-electron chi connectivity index (χ1n) is 6.82. The highest BCUT2D eigenvalue weighted by atomic mass is 16.2. The fraction of sp³-hybridized carbons (Fsp3) is 0.533. The molecule has 4 heteroatoms. The largest absolute Gasteiger partial charge is 0.397 e. The molecule has 1 aromatic carbocycles. The first-order chi connectivity index (χ1) is 8.97. The van der Waals surface area contributed by atoms with Crippen molar-refractivity contribution in [1.29, 1.82) is 0 Å². The fourth-order valence-corrected chi connectivity index (χ4v) is 2.23. The Morgan fingerprint density at radius 3 is 2.58 bits per heavy atom. The molecule has 0 aliphatic heterocycles. The zero-order valence-electron chi connectivity index (χ0n) is 12.0. The lowest BCUT2D eigenvalue weighted by Crippen LogP contribution is -2.22. The van der Waals surface area contributed by atoms with Gasteiger partial charge < -0.3 is 16.0 Å². The van der Waals surface area contributed by atoms with E-state index >= 15 is 0 Å². The number of hydrogen-bond acceptors (Lipinski definition) is 3. The van der Waals surface area contributed by atoms with Crippen LogP contribution in [0.3, 0.4) is 0 Å². The van der Waals surface area contributed by atoms with Crippen LogP contribution in [0.1, 0.15) is 36.5 Å². The fourth-order valence-electron chi connectivity index (χ4n) is 2.23. The van der Waals surface area contributed by atoms with E-state index in [9.17, 15) is 4.79 Å². The highest BCUT2D eigenvalue weighted by molar-refractivity contribution is 5.95. The summed E-state index contributed by atoms with van der Waals surface area (Å²) in [5.41, 5.74) is 8.69. The highest BCUT2D eigenvalue weighted by Gasteiger charge is 2.40. The van der Waals surface area contributed by atoms with Crippen LogP contribution in [0.25, 0.3) is 0 Å². The minimum absolute atomic E-state index is 0.0227. The molecule has 0 aromatic heterocycles. The van der Waals surface area contributed by atoms with Gasteiger partial charge in [-0.3, -0.25) is 4.79 Å². The second kappa shape index (κ2) is 5.11. The number of carbonyl (C=O) groups is 1. The second-order valence-corrected chi connectivity index (χ2v) is 5.71. The van der Waals surface area contributed by atoms with Crippen LogP contribution >= 0.6 is 0 Å². The zero-order valence-corrected chi connectivity index (χ0v) is 12.0. The van der Waals surface area contributed by atoms with E-state index < -0.39 is 0 Å². The Hall–Kier alpha value is -1.71. The molecule has 4 nitrogen and oxygen atoms in total. The number of nitrogen functional groups attached to an aromatic ring is 1. The van der Waals surface area contributed by atoms with E-state index in [2.05, 4.69) is 12.2 Å². The number of nitrogens with one attached hydrogen (secondary N) is 1. The molecule has 0 saturated heterocycles. The van der Waals surface area contributed by atoms with E-state index in [1.807, 2.05) is 12.1 Å². The average molecular weight is 261 g/mol. The maximum Gasteiger partial charge on any atom is 0.253 e. The number of benzene rings is 1. The van der Waals surface area contributed by atoms with Crippen molar-refractivity contribution in [2.24, 2.45) is 5.41 Å². The molecule has 0 bridgehead atoms. The van der Waals surface area contributed by atoms with Crippen molar-refractivity contribution in [2.75, 3.05) is 31.7 Å². The van der Waals surface area contributed by atoms with Gasteiger partial charge in [0.15, 0.2) is 0 Å². The topological polar surface area (TPSA) is 58.4 Å². The maximum atomic E-state index is 11.8. The molecule has 0 radical (unpaired) electrons. The molecule has 1 aliphatic carbocycles. The average Bonchev–Trinajstić information content (AvgIpc) is 3.17. The third kappa shape index (κ3) is 3.00. The van der Waals surface area contributed by atoms with Gasteiger partial charge in [0, 0.05) is 26.2 Å². The number of hydrogen-bond donors (Lipinski definition) is 2. The Morgan fingerprint density at radius 1 is 1.42 bits per heavy atom. The third-order valence-corrected chi connectivity index (χ3v) is 4.07. The Kier molecular flexibility index (Phi) is 3.69. The Morgan fingerprint density at radius 2 is 2.11 bits per heavy atom. The van der Waals surface area contributed by atoms with Crippen molar-refractivity contribution < 1.29 is 4.79 Å². The number of anilines is 2. The molecule has 1 aliphatic rings. The predicted molar refractivity (Wildman–Crippen MR) is 79.3 cm³/mol. The minimum Gasteiger partial charge on any atom is -0.397 e. The van der Waals surface area contributed by atoms with E-state index in [4.69, 9.17) is 5.73 Å². The predicted octanol–water partition coefficient (Wildman–Crippen LogP) is 2.57. The third-order valence-electron chi connectivity index (χ3n) is 4.07. The molecule has 3 N–H and O–H groups in total. The van der Waals surface area contributed by atoms with Crippen LogP contribution in [-0.2, 0) is 0 Å².